The molecule has 0 bridgehead atoms. The SMILES string of the molecule is CNC1=C(c2cccc(C(F)(F)F)c2)C(=O)C(=Cc2cccc3cc([N+](=O)[O-])ccc23)S1. The van der Waals surface area contributed by atoms with Crippen LogP contribution in [0.15, 0.2) is 70.6 Å². The number of nitrogens with zero attached hydrogens (tertiary/aromatic N) is 1. The lowest BCUT2D eigenvalue weighted by Crippen LogP contribution is -2.08. The molecule has 0 spiro atoms. The zero-order valence-electron chi connectivity index (χ0n) is 16.6. The monoisotopic (exact) mass is 456 g/mol. The largest absolute Gasteiger partial charge is 0.416 e. The van der Waals surface area contributed by atoms with E-state index < -0.39 is 22.4 Å². The minimum atomic E-state index is -4.52. The van der Waals surface area contributed by atoms with Gasteiger partial charge in [-0.3, -0.25) is 14.9 Å². The fourth-order valence-corrected chi connectivity index (χ4v) is 4.51. The number of hydrogen-bond donors (Lipinski definition) is 1. The molecular formula is C23H15F3N2O3S. The van der Waals surface area contributed by atoms with Gasteiger partial charge in [0.15, 0.2) is 0 Å². The molecule has 4 rings (SSSR count). The summed E-state index contributed by atoms with van der Waals surface area (Å²) in [4.78, 5) is 24.1. The Morgan fingerprint density at radius 3 is 2.50 bits per heavy atom. The molecule has 0 radical (unpaired) electrons. The Morgan fingerprint density at radius 2 is 1.81 bits per heavy atom. The van der Waals surface area contributed by atoms with Crippen LogP contribution in [0.4, 0.5) is 18.9 Å². The minimum Gasteiger partial charge on any atom is -0.382 e. The lowest BCUT2D eigenvalue weighted by Gasteiger charge is -2.09. The van der Waals surface area contributed by atoms with E-state index in [4.69, 9.17) is 0 Å². The Morgan fingerprint density at radius 1 is 1.06 bits per heavy atom. The number of allylic oxidation sites excluding steroid dienone is 2. The maximum Gasteiger partial charge on any atom is 0.416 e. The van der Waals surface area contributed by atoms with Crippen LogP contribution < -0.4 is 5.32 Å². The fraction of sp³-hybridized carbons (Fsp3) is 0.0870. The van der Waals surface area contributed by atoms with Crippen molar-refractivity contribution in [1.82, 2.24) is 5.32 Å². The van der Waals surface area contributed by atoms with E-state index in [1.807, 2.05) is 0 Å². The number of carbonyl (C=O) groups is 1. The van der Waals surface area contributed by atoms with E-state index in [-0.39, 0.29) is 16.8 Å². The minimum absolute atomic E-state index is 0.0420. The smallest absolute Gasteiger partial charge is 0.382 e. The molecule has 3 aromatic carbocycles. The van der Waals surface area contributed by atoms with Gasteiger partial charge < -0.3 is 5.32 Å². The third kappa shape index (κ3) is 3.99. The highest BCUT2D eigenvalue weighted by molar-refractivity contribution is 8.08. The number of fused-ring (bicyclic) bond motifs is 1. The van der Waals surface area contributed by atoms with Crippen molar-refractivity contribution in [2.24, 2.45) is 0 Å². The normalized spacial score (nSPS) is 15.6. The van der Waals surface area contributed by atoms with Crippen molar-refractivity contribution in [3.63, 3.8) is 0 Å². The zero-order valence-corrected chi connectivity index (χ0v) is 17.4. The van der Waals surface area contributed by atoms with Crippen molar-refractivity contribution in [3.8, 4) is 0 Å². The summed E-state index contributed by atoms with van der Waals surface area (Å²) in [6, 6.07) is 14.4. The lowest BCUT2D eigenvalue weighted by molar-refractivity contribution is -0.384. The highest BCUT2D eigenvalue weighted by Gasteiger charge is 2.34. The molecule has 0 saturated carbocycles. The Hall–Kier alpha value is -3.59. The summed E-state index contributed by atoms with van der Waals surface area (Å²) in [5.41, 5.74) is 0.154. The first-order valence-electron chi connectivity index (χ1n) is 9.40. The first kappa shape index (κ1) is 21.6. The number of ketones is 1. The van der Waals surface area contributed by atoms with Gasteiger partial charge in [0.2, 0.25) is 5.78 Å². The van der Waals surface area contributed by atoms with Crippen molar-refractivity contribution < 1.29 is 22.9 Å². The van der Waals surface area contributed by atoms with Crippen LogP contribution in [0.5, 0.6) is 0 Å². The Balaban J connectivity index is 1.76. The van der Waals surface area contributed by atoms with Crippen molar-refractivity contribution in [1.29, 1.82) is 0 Å². The van der Waals surface area contributed by atoms with E-state index in [1.54, 1.807) is 37.4 Å². The zero-order chi connectivity index (χ0) is 23.0. The van der Waals surface area contributed by atoms with Crippen LogP contribution in [-0.4, -0.2) is 17.8 Å². The molecule has 1 aliphatic heterocycles. The van der Waals surface area contributed by atoms with Crippen LogP contribution in [0.1, 0.15) is 16.7 Å². The first-order valence-corrected chi connectivity index (χ1v) is 10.2. The second-order valence-corrected chi connectivity index (χ2v) is 8.03. The maximum atomic E-state index is 13.2. The van der Waals surface area contributed by atoms with Crippen molar-refractivity contribution in [2.75, 3.05) is 7.05 Å². The number of rotatable bonds is 4. The van der Waals surface area contributed by atoms with Gasteiger partial charge in [0.05, 0.1) is 26.0 Å². The van der Waals surface area contributed by atoms with Crippen molar-refractivity contribution in [2.45, 2.75) is 6.18 Å². The van der Waals surface area contributed by atoms with E-state index in [2.05, 4.69) is 5.32 Å². The number of nitro groups is 1. The first-order chi connectivity index (χ1) is 15.2. The lowest BCUT2D eigenvalue weighted by atomic mass is 9.98. The van der Waals surface area contributed by atoms with Crippen molar-refractivity contribution in [3.05, 3.63) is 97.4 Å². The van der Waals surface area contributed by atoms with Crippen LogP contribution >= 0.6 is 11.8 Å². The quantitative estimate of drug-likeness (QED) is 0.296. The van der Waals surface area contributed by atoms with Gasteiger partial charge >= 0.3 is 6.18 Å². The molecule has 32 heavy (non-hydrogen) atoms. The number of nitro benzene ring substituents is 1. The summed E-state index contributed by atoms with van der Waals surface area (Å²) < 4.78 is 39.4. The average molecular weight is 456 g/mol. The highest BCUT2D eigenvalue weighted by atomic mass is 32.2. The molecule has 0 saturated heterocycles. The maximum absolute atomic E-state index is 13.2. The molecule has 1 aliphatic rings. The molecule has 9 heteroatoms. The molecule has 0 atom stereocenters. The highest BCUT2D eigenvalue weighted by Crippen LogP contribution is 2.43. The van der Waals surface area contributed by atoms with E-state index in [1.165, 1.54) is 24.3 Å². The van der Waals surface area contributed by atoms with Crippen molar-refractivity contribution >= 4 is 45.7 Å². The number of benzene rings is 3. The molecule has 0 fully saturated rings. The number of halogens is 3. The topological polar surface area (TPSA) is 72.2 Å². The standard InChI is InChI=1S/C23H15F3N2O3S/c1-27-22-20(15-6-3-7-16(10-15)23(24,25)26)21(29)19(32-22)12-14-5-2-4-13-11-17(28(30)31)8-9-18(13)14/h2-12,27H,1H3. The molecule has 0 aromatic heterocycles. The number of alkyl halides is 3. The summed E-state index contributed by atoms with van der Waals surface area (Å²) in [6.45, 7) is 0. The summed E-state index contributed by atoms with van der Waals surface area (Å²) in [5, 5.41) is 15.8. The molecule has 0 amide bonds. The van der Waals surface area contributed by atoms with E-state index >= 15 is 0 Å². The van der Waals surface area contributed by atoms with Gasteiger partial charge in [-0.1, -0.05) is 42.1 Å². The fourth-order valence-electron chi connectivity index (χ4n) is 3.49. The van der Waals surface area contributed by atoms with E-state index in [0.717, 1.165) is 29.3 Å². The van der Waals surface area contributed by atoms with Gasteiger partial charge in [0, 0.05) is 19.2 Å². The Bertz CT molecular complexity index is 1330. The van der Waals surface area contributed by atoms with Gasteiger partial charge in [0.1, 0.15) is 0 Å². The summed E-state index contributed by atoms with van der Waals surface area (Å²) >= 11 is 1.14. The van der Waals surface area contributed by atoms with E-state index in [9.17, 15) is 28.1 Å². The Labute approximate surface area is 184 Å². The average Bonchev–Trinajstić information content (AvgIpc) is 3.08. The number of nitrogens with one attached hydrogen (secondary N) is 1. The number of hydrogen-bond acceptors (Lipinski definition) is 5. The molecular weight excluding hydrogens is 441 g/mol. The molecule has 1 heterocycles. The molecule has 162 valence electrons. The van der Waals surface area contributed by atoms with Gasteiger partial charge in [-0.25, -0.2) is 0 Å². The van der Waals surface area contributed by atoms with Crippen LogP contribution in [0.25, 0.3) is 22.4 Å². The number of non-ortho nitro benzene ring substituents is 1. The van der Waals surface area contributed by atoms with Gasteiger partial charge in [-0.2, -0.15) is 13.2 Å². The third-order valence-electron chi connectivity index (χ3n) is 4.99. The number of Topliss-reactive ketones (excluding diaryl/α,β-unsaturated/α-hetero) is 1. The van der Waals surface area contributed by atoms with Gasteiger partial charge in [0.25, 0.3) is 5.69 Å². The molecule has 0 unspecified atom stereocenters. The van der Waals surface area contributed by atoms with Gasteiger partial charge in [-0.05, 0) is 46.2 Å². The number of carbonyl (C=O) groups excluding carboxylic acids is 1. The van der Waals surface area contributed by atoms with Crippen LogP contribution in [0, 0.1) is 10.1 Å². The molecule has 1 N–H and O–H groups in total. The molecule has 5 nitrogen and oxygen atoms in total. The summed E-state index contributed by atoms with van der Waals surface area (Å²) in [6.07, 6.45) is -2.87. The number of thioether (sulfide) groups is 1. The summed E-state index contributed by atoms with van der Waals surface area (Å²) in [7, 11) is 1.60. The van der Waals surface area contributed by atoms with E-state index in [0.29, 0.717) is 20.9 Å². The third-order valence-corrected chi connectivity index (χ3v) is 6.13. The second kappa shape index (κ2) is 8.16. The van der Waals surface area contributed by atoms with Crippen LogP contribution in [0.3, 0.4) is 0 Å². The Kier molecular flexibility index (Phi) is 5.52. The predicted molar refractivity (Wildman–Crippen MR) is 119 cm³/mol. The second-order valence-electron chi connectivity index (χ2n) is 6.98. The summed E-state index contributed by atoms with van der Waals surface area (Å²) in [5.74, 6) is -0.391. The van der Waals surface area contributed by atoms with Gasteiger partial charge in [-0.15, -0.1) is 0 Å². The molecule has 0 aliphatic carbocycles. The van der Waals surface area contributed by atoms with Crippen LogP contribution in [-0.2, 0) is 11.0 Å². The predicted octanol–water partition coefficient (Wildman–Crippen LogP) is 6.01. The van der Waals surface area contributed by atoms with Crippen LogP contribution in [0.2, 0.25) is 0 Å². The molecule has 3 aromatic rings.